The van der Waals surface area contributed by atoms with Crippen LogP contribution >= 0.6 is 0 Å². The van der Waals surface area contributed by atoms with Crippen LogP contribution in [0.3, 0.4) is 0 Å². The van der Waals surface area contributed by atoms with Crippen molar-refractivity contribution >= 4 is 12.2 Å². The van der Waals surface area contributed by atoms with Gasteiger partial charge in [-0.25, -0.2) is 9.97 Å². The van der Waals surface area contributed by atoms with Crippen LogP contribution < -0.4 is 4.90 Å². The molecular weight excluding hydrogens is 214 g/mol. The first-order valence-electron chi connectivity index (χ1n) is 5.13. The quantitative estimate of drug-likeness (QED) is 0.591. The largest absolute Gasteiger partial charge is 0.293 e. The Bertz CT molecular complexity index is 515. The highest BCUT2D eigenvalue weighted by molar-refractivity contribution is 5.79. The highest BCUT2D eigenvalue weighted by Crippen LogP contribution is 2.12. The van der Waals surface area contributed by atoms with E-state index in [0.717, 1.165) is 11.6 Å². The van der Waals surface area contributed by atoms with Gasteiger partial charge < -0.3 is 0 Å². The van der Waals surface area contributed by atoms with Crippen molar-refractivity contribution in [1.82, 2.24) is 14.5 Å². The monoisotopic (exact) mass is 227 g/mol. The van der Waals surface area contributed by atoms with E-state index >= 15 is 0 Å². The number of anilines is 1. The summed E-state index contributed by atoms with van der Waals surface area (Å²) in [6, 6.07) is 5.73. The summed E-state index contributed by atoms with van der Waals surface area (Å²) in [6.07, 6.45) is 8.59. The molecule has 0 spiro atoms. The normalized spacial score (nSPS) is 10.6. The maximum absolute atomic E-state index is 4.49. The van der Waals surface area contributed by atoms with Gasteiger partial charge in [0, 0.05) is 25.6 Å². The SMILES string of the molecule is C=CN(C=NC)c1cccc(-n2ccnc2)n1. The van der Waals surface area contributed by atoms with Gasteiger partial charge in [-0.2, -0.15) is 0 Å². The minimum absolute atomic E-state index is 0.761. The Hall–Kier alpha value is -2.43. The first-order chi connectivity index (χ1) is 8.35. The van der Waals surface area contributed by atoms with Crippen LogP contribution in [0.25, 0.3) is 5.82 Å². The zero-order valence-electron chi connectivity index (χ0n) is 9.56. The van der Waals surface area contributed by atoms with Crippen molar-refractivity contribution in [2.45, 2.75) is 0 Å². The topological polar surface area (TPSA) is 46.3 Å². The van der Waals surface area contributed by atoms with E-state index in [2.05, 4.69) is 21.5 Å². The number of hydrogen-bond donors (Lipinski definition) is 0. The predicted octanol–water partition coefficient (Wildman–Crippen LogP) is 1.88. The summed E-state index contributed by atoms with van der Waals surface area (Å²) in [6.45, 7) is 3.72. The summed E-state index contributed by atoms with van der Waals surface area (Å²) in [5, 5.41) is 0. The molecule has 17 heavy (non-hydrogen) atoms. The fraction of sp³-hybridized carbons (Fsp3) is 0.0833. The van der Waals surface area contributed by atoms with Gasteiger partial charge in [0.25, 0.3) is 0 Å². The van der Waals surface area contributed by atoms with Crippen molar-refractivity contribution in [2.24, 2.45) is 4.99 Å². The van der Waals surface area contributed by atoms with Gasteiger partial charge in [0.05, 0.1) is 6.34 Å². The fourth-order valence-electron chi connectivity index (χ4n) is 1.42. The van der Waals surface area contributed by atoms with Gasteiger partial charge in [0.15, 0.2) is 0 Å². The van der Waals surface area contributed by atoms with E-state index in [1.807, 2.05) is 29.0 Å². The zero-order valence-corrected chi connectivity index (χ0v) is 9.56. The van der Waals surface area contributed by atoms with Gasteiger partial charge in [-0.15, -0.1) is 0 Å². The Morgan fingerprint density at radius 1 is 1.47 bits per heavy atom. The second-order valence-electron chi connectivity index (χ2n) is 3.29. The average Bonchev–Trinajstić information content (AvgIpc) is 2.90. The van der Waals surface area contributed by atoms with Crippen molar-refractivity contribution in [3.05, 3.63) is 49.7 Å². The minimum Gasteiger partial charge on any atom is -0.293 e. The predicted molar refractivity (Wildman–Crippen MR) is 68.5 cm³/mol. The second kappa shape index (κ2) is 5.07. The van der Waals surface area contributed by atoms with Crippen molar-refractivity contribution < 1.29 is 0 Å². The van der Waals surface area contributed by atoms with E-state index in [1.165, 1.54) is 0 Å². The van der Waals surface area contributed by atoms with Crippen LogP contribution in [0.5, 0.6) is 0 Å². The van der Waals surface area contributed by atoms with Crippen LogP contribution in [-0.2, 0) is 0 Å². The van der Waals surface area contributed by atoms with Crippen molar-refractivity contribution in [3.8, 4) is 5.82 Å². The van der Waals surface area contributed by atoms with Gasteiger partial charge in [0.2, 0.25) is 0 Å². The number of pyridine rings is 1. The van der Waals surface area contributed by atoms with Crippen LogP contribution in [-0.4, -0.2) is 27.9 Å². The molecule has 2 aromatic heterocycles. The smallest absolute Gasteiger partial charge is 0.140 e. The first kappa shape index (κ1) is 11.1. The average molecular weight is 227 g/mol. The lowest BCUT2D eigenvalue weighted by Gasteiger charge is -2.13. The van der Waals surface area contributed by atoms with Crippen LogP contribution in [0, 0.1) is 0 Å². The number of nitrogens with zero attached hydrogens (tertiary/aromatic N) is 5. The molecule has 2 heterocycles. The standard InChI is InChI=1S/C12H13N5/c1-3-16(9-13-2)11-5-4-6-12(15-11)17-8-7-14-10-17/h3-10H,1H2,2H3. The second-order valence-corrected chi connectivity index (χ2v) is 3.29. The summed E-state index contributed by atoms with van der Waals surface area (Å²) in [5.41, 5.74) is 0. The molecule has 0 amide bonds. The van der Waals surface area contributed by atoms with E-state index in [1.54, 1.807) is 37.0 Å². The Labute approximate surface area is 99.8 Å². The molecule has 0 unspecified atom stereocenters. The van der Waals surface area contributed by atoms with Crippen LogP contribution in [0.15, 0.2) is 54.7 Å². The number of aliphatic imine (C=N–C) groups is 1. The highest BCUT2D eigenvalue weighted by atomic mass is 15.2. The van der Waals surface area contributed by atoms with Crippen LogP contribution in [0.1, 0.15) is 0 Å². The van der Waals surface area contributed by atoms with Crippen molar-refractivity contribution in [3.63, 3.8) is 0 Å². The van der Waals surface area contributed by atoms with E-state index in [9.17, 15) is 0 Å². The first-order valence-corrected chi connectivity index (χ1v) is 5.13. The molecule has 0 aliphatic heterocycles. The molecular formula is C12H13N5. The number of hydrogen-bond acceptors (Lipinski definition) is 3. The third-order valence-corrected chi connectivity index (χ3v) is 2.19. The third kappa shape index (κ3) is 2.39. The minimum atomic E-state index is 0.761. The molecule has 0 bridgehead atoms. The summed E-state index contributed by atoms with van der Waals surface area (Å²) < 4.78 is 1.84. The zero-order chi connectivity index (χ0) is 12.1. The molecule has 86 valence electrons. The third-order valence-electron chi connectivity index (χ3n) is 2.19. The van der Waals surface area contributed by atoms with Gasteiger partial charge in [0.1, 0.15) is 18.0 Å². The summed E-state index contributed by atoms with van der Waals surface area (Å²) in [5.74, 6) is 1.56. The molecule has 0 atom stereocenters. The highest BCUT2D eigenvalue weighted by Gasteiger charge is 2.03. The Kier molecular flexibility index (Phi) is 3.30. The Morgan fingerprint density at radius 3 is 3.00 bits per heavy atom. The van der Waals surface area contributed by atoms with Gasteiger partial charge in [-0.3, -0.25) is 14.5 Å². The maximum Gasteiger partial charge on any atom is 0.140 e. The lowest BCUT2D eigenvalue weighted by molar-refractivity contribution is 0.988. The van der Waals surface area contributed by atoms with Gasteiger partial charge >= 0.3 is 0 Å². The molecule has 2 aromatic rings. The summed E-state index contributed by atoms with van der Waals surface area (Å²) in [4.78, 5) is 14.2. The lowest BCUT2D eigenvalue weighted by Crippen LogP contribution is -2.14. The maximum atomic E-state index is 4.49. The van der Waals surface area contributed by atoms with E-state index in [4.69, 9.17) is 0 Å². The van der Waals surface area contributed by atoms with Gasteiger partial charge in [-0.1, -0.05) is 12.6 Å². The van der Waals surface area contributed by atoms with E-state index in [0.29, 0.717) is 0 Å². The molecule has 0 aliphatic rings. The van der Waals surface area contributed by atoms with Gasteiger partial charge in [-0.05, 0) is 12.1 Å². The Balaban J connectivity index is 2.37. The molecule has 2 rings (SSSR count). The molecule has 5 heteroatoms. The number of imidazole rings is 1. The van der Waals surface area contributed by atoms with E-state index in [-0.39, 0.29) is 0 Å². The summed E-state index contributed by atoms with van der Waals surface area (Å²) in [7, 11) is 1.70. The molecule has 0 saturated heterocycles. The molecule has 0 aliphatic carbocycles. The number of rotatable bonds is 4. The van der Waals surface area contributed by atoms with E-state index < -0.39 is 0 Å². The lowest BCUT2D eigenvalue weighted by atomic mass is 10.4. The molecule has 0 saturated carbocycles. The molecule has 5 nitrogen and oxygen atoms in total. The summed E-state index contributed by atoms with van der Waals surface area (Å²) >= 11 is 0. The van der Waals surface area contributed by atoms with Crippen LogP contribution in [0.4, 0.5) is 5.82 Å². The van der Waals surface area contributed by atoms with Crippen LogP contribution in [0.2, 0.25) is 0 Å². The Morgan fingerprint density at radius 2 is 2.35 bits per heavy atom. The molecule has 0 fully saturated rings. The van der Waals surface area contributed by atoms with Crippen molar-refractivity contribution in [1.29, 1.82) is 0 Å². The fourth-order valence-corrected chi connectivity index (χ4v) is 1.42. The number of aromatic nitrogens is 3. The molecule has 0 N–H and O–H groups in total. The van der Waals surface area contributed by atoms with Crippen molar-refractivity contribution in [2.75, 3.05) is 11.9 Å². The molecule has 0 aromatic carbocycles. The molecule has 0 radical (unpaired) electrons.